The number of ketones is 1. The van der Waals surface area contributed by atoms with Gasteiger partial charge in [0, 0.05) is 4.47 Å². The van der Waals surface area contributed by atoms with Gasteiger partial charge in [0.1, 0.15) is 0 Å². The summed E-state index contributed by atoms with van der Waals surface area (Å²) in [7, 11) is 0. The molecule has 0 saturated heterocycles. The lowest BCUT2D eigenvalue weighted by molar-refractivity contribution is -0.131. The minimum absolute atomic E-state index is 0.0170. The fourth-order valence-electron chi connectivity index (χ4n) is 0.822. The van der Waals surface area contributed by atoms with Crippen LogP contribution in [0.4, 0.5) is 0 Å². The molecular formula is C8H4BrClO3. The van der Waals surface area contributed by atoms with E-state index in [2.05, 4.69) is 15.9 Å². The van der Waals surface area contributed by atoms with Gasteiger partial charge < -0.3 is 5.11 Å². The molecule has 0 spiro atoms. The molecule has 1 N–H and O–H groups in total. The van der Waals surface area contributed by atoms with Gasteiger partial charge in [0.25, 0.3) is 5.78 Å². The van der Waals surface area contributed by atoms with Crippen molar-refractivity contribution in [3.63, 3.8) is 0 Å². The highest BCUT2D eigenvalue weighted by molar-refractivity contribution is 9.10. The van der Waals surface area contributed by atoms with Gasteiger partial charge in [0.05, 0.1) is 10.6 Å². The lowest BCUT2D eigenvalue weighted by atomic mass is 10.1. The largest absolute Gasteiger partial charge is 0.475 e. The monoisotopic (exact) mass is 262 g/mol. The molecule has 0 unspecified atom stereocenters. The Morgan fingerprint density at radius 3 is 2.46 bits per heavy atom. The van der Waals surface area contributed by atoms with E-state index in [4.69, 9.17) is 16.7 Å². The van der Waals surface area contributed by atoms with Crippen LogP contribution in [0.15, 0.2) is 22.7 Å². The molecule has 0 saturated carbocycles. The van der Waals surface area contributed by atoms with Crippen LogP contribution >= 0.6 is 27.5 Å². The molecule has 0 aliphatic rings. The van der Waals surface area contributed by atoms with Crippen molar-refractivity contribution < 1.29 is 14.7 Å². The Labute approximate surface area is 87.4 Å². The van der Waals surface area contributed by atoms with E-state index in [-0.39, 0.29) is 10.6 Å². The zero-order valence-electron chi connectivity index (χ0n) is 6.25. The lowest BCUT2D eigenvalue weighted by Crippen LogP contribution is -2.13. The number of hydrogen-bond acceptors (Lipinski definition) is 2. The van der Waals surface area contributed by atoms with E-state index in [0.29, 0.717) is 4.47 Å². The van der Waals surface area contributed by atoms with Crippen molar-refractivity contribution in [3.8, 4) is 0 Å². The molecule has 13 heavy (non-hydrogen) atoms. The minimum Gasteiger partial charge on any atom is -0.475 e. The highest BCUT2D eigenvalue weighted by Crippen LogP contribution is 2.24. The summed E-state index contributed by atoms with van der Waals surface area (Å²) in [5.41, 5.74) is -0.0170. The Morgan fingerprint density at radius 1 is 1.38 bits per heavy atom. The van der Waals surface area contributed by atoms with E-state index in [1.807, 2.05) is 0 Å². The SMILES string of the molecule is O=C(O)C(=O)c1c(Cl)cccc1Br. The fraction of sp³-hybridized carbons (Fsp3) is 0. The second-order valence-corrected chi connectivity index (χ2v) is 3.49. The van der Waals surface area contributed by atoms with Crippen LogP contribution in [-0.4, -0.2) is 16.9 Å². The molecule has 0 aromatic heterocycles. The van der Waals surface area contributed by atoms with Crippen molar-refractivity contribution in [2.75, 3.05) is 0 Å². The highest BCUT2D eigenvalue weighted by Gasteiger charge is 2.20. The zero-order valence-corrected chi connectivity index (χ0v) is 8.59. The quantitative estimate of drug-likeness (QED) is 0.658. The van der Waals surface area contributed by atoms with Crippen molar-refractivity contribution in [2.45, 2.75) is 0 Å². The molecular weight excluding hydrogens is 259 g/mol. The molecule has 5 heteroatoms. The molecule has 1 aromatic rings. The summed E-state index contributed by atoms with van der Waals surface area (Å²) in [6, 6.07) is 4.63. The van der Waals surface area contributed by atoms with Crippen molar-refractivity contribution >= 4 is 39.3 Å². The van der Waals surface area contributed by atoms with E-state index < -0.39 is 11.8 Å². The van der Waals surface area contributed by atoms with Gasteiger partial charge in [0.15, 0.2) is 0 Å². The predicted molar refractivity (Wildman–Crippen MR) is 51.1 cm³/mol. The van der Waals surface area contributed by atoms with Crippen molar-refractivity contribution in [1.29, 1.82) is 0 Å². The first-order valence-electron chi connectivity index (χ1n) is 3.25. The smallest absolute Gasteiger partial charge is 0.377 e. The third kappa shape index (κ3) is 2.08. The summed E-state index contributed by atoms with van der Waals surface area (Å²) in [6.07, 6.45) is 0. The Morgan fingerprint density at radius 2 is 2.00 bits per heavy atom. The molecule has 0 bridgehead atoms. The molecule has 68 valence electrons. The maximum absolute atomic E-state index is 11.1. The second-order valence-electron chi connectivity index (χ2n) is 2.23. The Hall–Kier alpha value is -0.870. The molecule has 0 aliphatic heterocycles. The number of Topliss-reactive ketones (excluding diaryl/α,β-unsaturated/α-hetero) is 1. The van der Waals surface area contributed by atoms with Crippen LogP contribution < -0.4 is 0 Å². The van der Waals surface area contributed by atoms with E-state index in [9.17, 15) is 9.59 Å². The number of carboxylic acid groups (broad SMARTS) is 1. The third-order valence-electron chi connectivity index (χ3n) is 1.38. The lowest BCUT2D eigenvalue weighted by Gasteiger charge is -2.01. The van der Waals surface area contributed by atoms with Gasteiger partial charge in [-0.15, -0.1) is 0 Å². The number of carboxylic acids is 1. The zero-order chi connectivity index (χ0) is 10.0. The number of aliphatic carboxylic acids is 1. The number of rotatable bonds is 2. The van der Waals surface area contributed by atoms with E-state index in [1.165, 1.54) is 6.07 Å². The van der Waals surface area contributed by atoms with E-state index >= 15 is 0 Å². The number of hydrogen-bond donors (Lipinski definition) is 1. The van der Waals surface area contributed by atoms with Crippen LogP contribution in [0, 0.1) is 0 Å². The molecule has 0 fully saturated rings. The highest BCUT2D eigenvalue weighted by atomic mass is 79.9. The molecule has 1 rings (SSSR count). The van der Waals surface area contributed by atoms with E-state index in [1.54, 1.807) is 12.1 Å². The molecule has 0 atom stereocenters. The number of carbonyl (C=O) groups is 2. The third-order valence-corrected chi connectivity index (χ3v) is 2.36. The maximum Gasteiger partial charge on any atom is 0.377 e. The van der Waals surface area contributed by atoms with Crippen molar-refractivity contribution in [3.05, 3.63) is 33.3 Å². The van der Waals surface area contributed by atoms with Crippen LogP contribution in [0.5, 0.6) is 0 Å². The number of benzene rings is 1. The summed E-state index contributed by atoms with van der Waals surface area (Å²) in [5.74, 6) is -2.54. The second kappa shape index (κ2) is 3.89. The fourth-order valence-corrected chi connectivity index (χ4v) is 1.74. The van der Waals surface area contributed by atoms with Gasteiger partial charge in [-0.2, -0.15) is 0 Å². The van der Waals surface area contributed by atoms with Crippen LogP contribution in [0.25, 0.3) is 0 Å². The average molecular weight is 263 g/mol. The maximum atomic E-state index is 11.1. The van der Waals surface area contributed by atoms with Crippen LogP contribution in [0.2, 0.25) is 5.02 Å². The summed E-state index contributed by atoms with van der Waals surface area (Å²) in [6.45, 7) is 0. The van der Waals surface area contributed by atoms with Crippen LogP contribution in [0.3, 0.4) is 0 Å². The van der Waals surface area contributed by atoms with Gasteiger partial charge in [-0.3, -0.25) is 4.79 Å². The molecule has 0 aliphatic carbocycles. The summed E-state index contributed by atoms with van der Waals surface area (Å²) < 4.78 is 0.382. The van der Waals surface area contributed by atoms with Crippen molar-refractivity contribution in [2.24, 2.45) is 0 Å². The van der Waals surface area contributed by atoms with Gasteiger partial charge >= 0.3 is 5.97 Å². The van der Waals surface area contributed by atoms with Gasteiger partial charge in [0.2, 0.25) is 0 Å². The molecule has 0 amide bonds. The van der Waals surface area contributed by atoms with Gasteiger partial charge in [-0.25, -0.2) is 4.79 Å². The number of halogens is 2. The summed E-state index contributed by atoms with van der Waals surface area (Å²) >= 11 is 8.70. The summed E-state index contributed by atoms with van der Waals surface area (Å²) in [5, 5.41) is 8.58. The normalized spacial score (nSPS) is 9.69. The molecule has 3 nitrogen and oxygen atoms in total. The Balaban J connectivity index is 3.28. The minimum atomic E-state index is -1.52. The van der Waals surface area contributed by atoms with Gasteiger partial charge in [-0.05, 0) is 28.1 Å². The molecule has 0 heterocycles. The van der Waals surface area contributed by atoms with Gasteiger partial charge in [-0.1, -0.05) is 17.7 Å². The topological polar surface area (TPSA) is 54.4 Å². The first-order valence-corrected chi connectivity index (χ1v) is 4.42. The van der Waals surface area contributed by atoms with Crippen LogP contribution in [0.1, 0.15) is 10.4 Å². The standard InChI is InChI=1S/C8H4BrClO3/c9-4-2-1-3-5(10)6(4)7(11)8(12)13/h1-3H,(H,12,13). The molecule has 0 radical (unpaired) electrons. The Kier molecular flexibility index (Phi) is 3.06. The van der Waals surface area contributed by atoms with E-state index in [0.717, 1.165) is 0 Å². The summed E-state index contributed by atoms with van der Waals surface area (Å²) in [4.78, 5) is 21.4. The first-order chi connectivity index (χ1) is 6.04. The van der Waals surface area contributed by atoms with Crippen molar-refractivity contribution in [1.82, 2.24) is 0 Å². The Bertz CT molecular complexity index is 355. The predicted octanol–water partition coefficient (Wildman–Crippen LogP) is 2.37. The van der Waals surface area contributed by atoms with Crippen LogP contribution in [-0.2, 0) is 4.79 Å². The molecule has 1 aromatic carbocycles. The average Bonchev–Trinajstić information content (AvgIpc) is 2.03. The number of carbonyl (C=O) groups excluding carboxylic acids is 1. The first kappa shape index (κ1) is 10.2.